The topological polar surface area (TPSA) is 103 Å². The van der Waals surface area contributed by atoms with E-state index in [0.29, 0.717) is 30.7 Å². The molecule has 1 aromatic carbocycles. The van der Waals surface area contributed by atoms with Crippen molar-refractivity contribution >= 4 is 11.6 Å². The number of nitrogens with one attached hydrogen (secondary N) is 1. The third-order valence-corrected chi connectivity index (χ3v) is 6.49. The second kappa shape index (κ2) is 11.8. The second-order valence-electron chi connectivity index (χ2n) is 9.15. The Morgan fingerprint density at radius 1 is 1.24 bits per heavy atom. The lowest BCUT2D eigenvalue weighted by Gasteiger charge is -2.34. The Kier molecular flexibility index (Phi) is 8.55. The summed E-state index contributed by atoms with van der Waals surface area (Å²) in [6, 6.07) is 10.1. The highest BCUT2D eigenvalue weighted by molar-refractivity contribution is 5.64. The summed E-state index contributed by atoms with van der Waals surface area (Å²) in [5.74, 6) is 2.97. The number of nitrogens with zero attached hydrogens (tertiary/aromatic N) is 4. The molecule has 2 fully saturated rings. The number of β-amino-alcohol motifs (C(OH)–C–C–N with tert-alkyl or cyclic N) is 1. The van der Waals surface area contributed by atoms with E-state index in [-0.39, 0.29) is 12.7 Å². The number of ether oxygens (including phenoxy) is 2. The molecule has 9 heteroatoms. The van der Waals surface area contributed by atoms with Crippen LogP contribution < -0.4 is 19.9 Å². The monoisotopic (exact) mass is 471 g/mol. The van der Waals surface area contributed by atoms with Crippen LogP contribution in [0.5, 0.6) is 5.75 Å². The van der Waals surface area contributed by atoms with Crippen molar-refractivity contribution in [2.75, 3.05) is 63.4 Å². The molecule has 2 saturated heterocycles. The minimum Gasteiger partial charge on any atom is -0.491 e. The molecule has 3 N–H and O–H groups in total. The van der Waals surface area contributed by atoms with E-state index < -0.39 is 6.10 Å². The number of hydrogen-bond donors (Lipinski definition) is 3. The molecule has 0 amide bonds. The van der Waals surface area contributed by atoms with Gasteiger partial charge in [-0.1, -0.05) is 12.1 Å². The molecule has 0 spiro atoms. The molecule has 0 radical (unpaired) electrons. The van der Waals surface area contributed by atoms with Crippen molar-refractivity contribution in [2.24, 2.45) is 0 Å². The Balaban J connectivity index is 1.63. The molecule has 9 nitrogen and oxygen atoms in total. The van der Waals surface area contributed by atoms with E-state index in [1.165, 1.54) is 0 Å². The molecule has 2 aromatic rings. The highest BCUT2D eigenvalue weighted by atomic mass is 16.5. The van der Waals surface area contributed by atoms with Gasteiger partial charge < -0.3 is 34.8 Å². The van der Waals surface area contributed by atoms with Crippen LogP contribution in [0.25, 0.3) is 11.4 Å². The van der Waals surface area contributed by atoms with Gasteiger partial charge in [0.1, 0.15) is 30.1 Å². The third-order valence-electron chi connectivity index (χ3n) is 6.49. The van der Waals surface area contributed by atoms with Crippen LogP contribution >= 0.6 is 0 Å². The summed E-state index contributed by atoms with van der Waals surface area (Å²) in [5.41, 5.74) is 0.849. The highest BCUT2D eigenvalue weighted by Crippen LogP contribution is 2.29. The molecule has 0 saturated carbocycles. The molecule has 1 aromatic heterocycles. The summed E-state index contributed by atoms with van der Waals surface area (Å²) in [5, 5.41) is 23.1. The van der Waals surface area contributed by atoms with Crippen LogP contribution in [-0.4, -0.2) is 92.0 Å². The van der Waals surface area contributed by atoms with E-state index in [4.69, 9.17) is 19.4 Å². The van der Waals surface area contributed by atoms with Crippen molar-refractivity contribution in [3.8, 4) is 17.1 Å². The normalized spacial score (nSPS) is 20.2. The number of aliphatic hydroxyl groups excluding tert-OH is 2. The van der Waals surface area contributed by atoms with E-state index in [1.54, 1.807) is 7.05 Å². The van der Waals surface area contributed by atoms with Gasteiger partial charge >= 0.3 is 0 Å². The zero-order valence-corrected chi connectivity index (χ0v) is 20.2. The summed E-state index contributed by atoms with van der Waals surface area (Å²) in [4.78, 5) is 14.2. The van der Waals surface area contributed by atoms with Crippen LogP contribution in [0.2, 0.25) is 0 Å². The van der Waals surface area contributed by atoms with Gasteiger partial charge in [-0.2, -0.15) is 0 Å². The fraction of sp³-hybridized carbons (Fsp3) is 0.600. The summed E-state index contributed by atoms with van der Waals surface area (Å²) in [6.45, 7) is 3.63. The Hall–Kier alpha value is -2.46. The van der Waals surface area contributed by atoms with Crippen molar-refractivity contribution in [1.82, 2.24) is 15.3 Å². The molecule has 2 aliphatic rings. The summed E-state index contributed by atoms with van der Waals surface area (Å²) in [7, 11) is 3.88. The van der Waals surface area contributed by atoms with Crippen LogP contribution in [-0.2, 0) is 4.74 Å². The van der Waals surface area contributed by atoms with Gasteiger partial charge in [-0.05, 0) is 44.9 Å². The SMILES string of the molecule is CNCC(O)COc1cccc(-c2nc(N3CCC[C@H](O)C3)cc(N(C)C3CCOCC3)n2)c1. The number of aliphatic hydroxyl groups is 2. The van der Waals surface area contributed by atoms with Gasteiger partial charge in [-0.25, -0.2) is 9.97 Å². The number of hydrogen-bond acceptors (Lipinski definition) is 9. The molecule has 3 heterocycles. The molecule has 1 unspecified atom stereocenters. The largest absolute Gasteiger partial charge is 0.491 e. The van der Waals surface area contributed by atoms with Crippen molar-refractivity contribution in [2.45, 2.75) is 43.9 Å². The van der Waals surface area contributed by atoms with Crippen molar-refractivity contribution in [3.05, 3.63) is 30.3 Å². The molecule has 0 bridgehead atoms. The Morgan fingerprint density at radius 3 is 2.82 bits per heavy atom. The minimum atomic E-state index is -0.585. The van der Waals surface area contributed by atoms with Crippen LogP contribution in [0.3, 0.4) is 0 Å². The quantitative estimate of drug-likeness (QED) is 0.504. The van der Waals surface area contributed by atoms with Gasteiger partial charge in [0.05, 0.1) is 6.10 Å². The van der Waals surface area contributed by atoms with E-state index >= 15 is 0 Å². The molecule has 0 aliphatic carbocycles. The zero-order valence-electron chi connectivity index (χ0n) is 20.2. The van der Waals surface area contributed by atoms with Gasteiger partial charge in [-0.15, -0.1) is 0 Å². The van der Waals surface area contributed by atoms with Gasteiger partial charge in [0.15, 0.2) is 5.82 Å². The van der Waals surface area contributed by atoms with Crippen molar-refractivity contribution in [1.29, 1.82) is 0 Å². The number of rotatable bonds is 9. The predicted molar refractivity (Wildman–Crippen MR) is 133 cm³/mol. The van der Waals surface area contributed by atoms with Crippen LogP contribution in [0.1, 0.15) is 25.7 Å². The zero-order chi connectivity index (χ0) is 23.9. The fourth-order valence-corrected chi connectivity index (χ4v) is 4.53. The first-order valence-electron chi connectivity index (χ1n) is 12.2. The fourth-order valence-electron chi connectivity index (χ4n) is 4.53. The maximum atomic E-state index is 10.2. The molecule has 34 heavy (non-hydrogen) atoms. The van der Waals surface area contributed by atoms with E-state index in [1.807, 2.05) is 30.3 Å². The molecule has 2 atom stereocenters. The maximum Gasteiger partial charge on any atom is 0.163 e. The lowest BCUT2D eigenvalue weighted by atomic mass is 10.1. The first kappa shape index (κ1) is 24.7. The van der Waals surface area contributed by atoms with Crippen LogP contribution in [0, 0.1) is 0 Å². The van der Waals surface area contributed by atoms with Crippen LogP contribution in [0.15, 0.2) is 30.3 Å². The van der Waals surface area contributed by atoms with E-state index in [0.717, 1.165) is 62.6 Å². The first-order valence-corrected chi connectivity index (χ1v) is 12.2. The number of anilines is 2. The van der Waals surface area contributed by atoms with E-state index in [9.17, 15) is 10.2 Å². The van der Waals surface area contributed by atoms with E-state index in [2.05, 4.69) is 22.2 Å². The van der Waals surface area contributed by atoms with Gasteiger partial charge in [-0.3, -0.25) is 0 Å². The minimum absolute atomic E-state index is 0.203. The maximum absolute atomic E-state index is 10.2. The van der Waals surface area contributed by atoms with Crippen molar-refractivity contribution in [3.63, 3.8) is 0 Å². The van der Waals surface area contributed by atoms with Gasteiger partial charge in [0.2, 0.25) is 0 Å². The highest BCUT2D eigenvalue weighted by Gasteiger charge is 2.24. The smallest absolute Gasteiger partial charge is 0.163 e. The number of likely N-dealkylation sites (N-methyl/N-ethyl adjacent to an activating group) is 1. The summed E-state index contributed by atoms with van der Waals surface area (Å²) in [6.07, 6.45) is 2.76. The molecule has 186 valence electrons. The molecule has 2 aliphatic heterocycles. The lowest BCUT2D eigenvalue weighted by Crippen LogP contribution is -2.40. The third kappa shape index (κ3) is 6.35. The summed E-state index contributed by atoms with van der Waals surface area (Å²) >= 11 is 0. The average molecular weight is 472 g/mol. The Bertz CT molecular complexity index is 924. The van der Waals surface area contributed by atoms with Crippen molar-refractivity contribution < 1.29 is 19.7 Å². The molecular weight excluding hydrogens is 434 g/mol. The van der Waals surface area contributed by atoms with Gasteiger partial charge in [0.25, 0.3) is 0 Å². The van der Waals surface area contributed by atoms with Gasteiger partial charge in [0, 0.05) is 57.6 Å². The second-order valence-corrected chi connectivity index (χ2v) is 9.15. The lowest BCUT2D eigenvalue weighted by molar-refractivity contribution is 0.0853. The molecular formula is C25H37N5O4. The van der Waals surface area contributed by atoms with Crippen LogP contribution in [0.4, 0.5) is 11.6 Å². The molecule has 4 rings (SSSR count). The summed E-state index contributed by atoms with van der Waals surface area (Å²) < 4.78 is 11.3. The average Bonchev–Trinajstić information content (AvgIpc) is 2.87. The number of aromatic nitrogens is 2. The Labute approximate surface area is 201 Å². The number of piperidine rings is 1. The standard InChI is InChI=1S/C25H37N5O4/c1-26-15-21(32)17-34-22-7-3-5-18(13-22)25-27-23(29(2)19-8-11-33-12-9-19)14-24(28-25)30-10-4-6-20(31)16-30/h3,5,7,13-14,19-21,26,31-32H,4,6,8-12,15-17H2,1-2H3/t20-,21?/m0/s1. The predicted octanol–water partition coefficient (Wildman–Crippen LogP) is 1.68. The Morgan fingerprint density at radius 2 is 2.06 bits per heavy atom. The number of benzene rings is 1. The first-order chi connectivity index (χ1) is 16.5.